The Bertz CT molecular complexity index is 1130. The van der Waals surface area contributed by atoms with Gasteiger partial charge in [0, 0.05) is 18.9 Å². The number of pyridine rings is 1. The molecular formula is C26H34N4O4S. The third-order valence-corrected chi connectivity index (χ3v) is 8.70. The summed E-state index contributed by atoms with van der Waals surface area (Å²) in [6.45, 7) is 4.26. The molecule has 1 aliphatic heterocycles. The monoisotopic (exact) mass is 498 g/mol. The molecule has 9 heteroatoms. The van der Waals surface area contributed by atoms with E-state index in [-0.39, 0.29) is 23.3 Å². The van der Waals surface area contributed by atoms with Crippen LogP contribution < -0.4 is 10.6 Å². The molecule has 1 saturated carbocycles. The lowest BCUT2D eigenvalue weighted by Gasteiger charge is -2.35. The van der Waals surface area contributed by atoms with Crippen LogP contribution in [0.5, 0.6) is 0 Å². The summed E-state index contributed by atoms with van der Waals surface area (Å²) < 4.78 is 27.9. The number of aromatic nitrogens is 1. The van der Waals surface area contributed by atoms with E-state index in [9.17, 15) is 18.0 Å². The lowest BCUT2D eigenvalue weighted by molar-refractivity contribution is -0.132. The molecule has 0 unspecified atom stereocenters. The summed E-state index contributed by atoms with van der Waals surface area (Å²) in [4.78, 5) is 31.1. The minimum absolute atomic E-state index is 0.162. The largest absolute Gasteiger partial charge is 0.345 e. The highest BCUT2D eigenvalue weighted by molar-refractivity contribution is 7.89. The van der Waals surface area contributed by atoms with Crippen molar-refractivity contribution in [2.24, 2.45) is 5.92 Å². The number of carbonyl (C=O) groups is 2. The van der Waals surface area contributed by atoms with E-state index < -0.39 is 33.6 Å². The van der Waals surface area contributed by atoms with Gasteiger partial charge in [0.15, 0.2) is 0 Å². The maximum absolute atomic E-state index is 13.4. The van der Waals surface area contributed by atoms with Gasteiger partial charge in [-0.05, 0) is 61.8 Å². The molecule has 35 heavy (non-hydrogen) atoms. The summed E-state index contributed by atoms with van der Waals surface area (Å²) in [7, 11) is -3.83. The first-order valence-corrected chi connectivity index (χ1v) is 13.8. The second-order valence-electron chi connectivity index (χ2n) is 9.94. The van der Waals surface area contributed by atoms with E-state index in [1.165, 1.54) is 4.31 Å². The zero-order valence-corrected chi connectivity index (χ0v) is 21.1. The zero-order chi connectivity index (χ0) is 25.1. The van der Waals surface area contributed by atoms with E-state index in [0.29, 0.717) is 19.3 Å². The van der Waals surface area contributed by atoms with Crippen molar-refractivity contribution in [3.63, 3.8) is 0 Å². The van der Waals surface area contributed by atoms with Crippen molar-refractivity contribution in [3.8, 4) is 0 Å². The Balaban J connectivity index is 1.51. The SMILES string of the molecule is CC(C)C[C@@H](NC(=O)[C@@H]1CCCCN1S(=O)(=O)c1ccccc1)C(=O)NC1(c2cccnc2)CC1. The Morgan fingerprint density at radius 1 is 1.11 bits per heavy atom. The Morgan fingerprint density at radius 3 is 2.49 bits per heavy atom. The molecular weight excluding hydrogens is 464 g/mol. The molecule has 2 heterocycles. The standard InChI is InChI=1S/C26H34N4O4S/c1-19(2)17-22(24(31)29-26(13-14-26)20-9-8-15-27-18-20)28-25(32)23-12-6-7-16-30(23)35(33,34)21-10-4-3-5-11-21/h3-5,8-11,15,18-19,22-23H,6-7,12-14,16-17H2,1-2H3,(H,28,32)(H,29,31)/t22-,23+/m1/s1. The van der Waals surface area contributed by atoms with Crippen LogP contribution in [0.2, 0.25) is 0 Å². The first-order chi connectivity index (χ1) is 16.7. The Kier molecular flexibility index (Phi) is 7.56. The molecule has 2 aromatic rings. The molecule has 0 bridgehead atoms. The van der Waals surface area contributed by atoms with Gasteiger partial charge in [-0.3, -0.25) is 14.6 Å². The summed E-state index contributed by atoms with van der Waals surface area (Å²) in [6, 6.07) is 10.4. The molecule has 0 spiro atoms. The summed E-state index contributed by atoms with van der Waals surface area (Å²) in [5.74, 6) is -0.506. The molecule has 2 fully saturated rings. The number of amides is 2. The van der Waals surface area contributed by atoms with Crippen molar-refractivity contribution in [1.29, 1.82) is 0 Å². The number of hydrogen-bond acceptors (Lipinski definition) is 5. The van der Waals surface area contributed by atoms with Crippen molar-refractivity contribution in [2.45, 2.75) is 74.9 Å². The minimum Gasteiger partial charge on any atom is -0.345 e. The third-order valence-electron chi connectivity index (χ3n) is 6.77. The first-order valence-electron chi connectivity index (χ1n) is 12.3. The van der Waals surface area contributed by atoms with Gasteiger partial charge in [-0.15, -0.1) is 0 Å². The zero-order valence-electron chi connectivity index (χ0n) is 20.3. The van der Waals surface area contributed by atoms with Crippen LogP contribution in [0.4, 0.5) is 0 Å². The van der Waals surface area contributed by atoms with Crippen LogP contribution >= 0.6 is 0 Å². The number of rotatable bonds is 9. The van der Waals surface area contributed by atoms with Crippen LogP contribution in [-0.2, 0) is 25.2 Å². The molecule has 1 aromatic carbocycles. The van der Waals surface area contributed by atoms with Crippen molar-refractivity contribution in [3.05, 3.63) is 60.4 Å². The summed E-state index contributed by atoms with van der Waals surface area (Å²) in [6.07, 6.45) is 7.42. The molecule has 8 nitrogen and oxygen atoms in total. The molecule has 188 valence electrons. The predicted octanol–water partition coefficient (Wildman–Crippen LogP) is 2.96. The van der Waals surface area contributed by atoms with Gasteiger partial charge in [-0.1, -0.05) is 44.5 Å². The highest BCUT2D eigenvalue weighted by atomic mass is 32.2. The molecule has 4 rings (SSSR count). The van der Waals surface area contributed by atoms with Crippen LogP contribution in [-0.4, -0.2) is 48.1 Å². The van der Waals surface area contributed by atoms with Crippen LogP contribution in [0, 0.1) is 5.92 Å². The average Bonchev–Trinajstić information content (AvgIpc) is 3.65. The van der Waals surface area contributed by atoms with Crippen LogP contribution in [0.15, 0.2) is 59.8 Å². The Labute approximate surface area is 207 Å². The van der Waals surface area contributed by atoms with E-state index in [1.54, 1.807) is 42.7 Å². The maximum atomic E-state index is 13.4. The molecule has 1 aliphatic carbocycles. The number of piperidine rings is 1. The van der Waals surface area contributed by atoms with Gasteiger partial charge in [0.1, 0.15) is 12.1 Å². The summed E-state index contributed by atoms with van der Waals surface area (Å²) >= 11 is 0. The van der Waals surface area contributed by atoms with Gasteiger partial charge in [0.25, 0.3) is 0 Å². The normalized spacial score (nSPS) is 20.7. The van der Waals surface area contributed by atoms with Crippen LogP contribution in [0.1, 0.15) is 57.9 Å². The van der Waals surface area contributed by atoms with Crippen LogP contribution in [0.25, 0.3) is 0 Å². The number of hydrogen-bond donors (Lipinski definition) is 2. The fourth-order valence-corrected chi connectivity index (χ4v) is 6.41. The highest BCUT2D eigenvalue weighted by Gasteiger charge is 2.47. The highest BCUT2D eigenvalue weighted by Crippen LogP contribution is 2.45. The number of nitrogens with zero attached hydrogens (tertiary/aromatic N) is 2. The topological polar surface area (TPSA) is 108 Å². The summed E-state index contributed by atoms with van der Waals surface area (Å²) in [5, 5.41) is 6.04. The Hall–Kier alpha value is -2.78. The molecule has 1 aromatic heterocycles. The summed E-state index contributed by atoms with van der Waals surface area (Å²) in [5.41, 5.74) is 0.508. The predicted molar refractivity (Wildman–Crippen MR) is 133 cm³/mol. The Morgan fingerprint density at radius 2 is 1.86 bits per heavy atom. The fourth-order valence-electron chi connectivity index (χ4n) is 4.73. The van der Waals surface area contributed by atoms with Crippen molar-refractivity contribution in [2.75, 3.05) is 6.54 Å². The number of carbonyl (C=O) groups excluding carboxylic acids is 2. The van der Waals surface area contributed by atoms with E-state index >= 15 is 0 Å². The maximum Gasteiger partial charge on any atom is 0.243 e. The average molecular weight is 499 g/mol. The van der Waals surface area contributed by atoms with E-state index in [0.717, 1.165) is 24.8 Å². The molecule has 0 radical (unpaired) electrons. The van der Waals surface area contributed by atoms with Gasteiger partial charge in [0.05, 0.1) is 10.4 Å². The minimum atomic E-state index is -3.83. The number of benzene rings is 1. The lowest BCUT2D eigenvalue weighted by Crippen LogP contribution is -2.57. The van der Waals surface area contributed by atoms with E-state index in [1.807, 2.05) is 26.0 Å². The van der Waals surface area contributed by atoms with E-state index in [4.69, 9.17) is 0 Å². The van der Waals surface area contributed by atoms with Crippen molar-refractivity contribution in [1.82, 2.24) is 19.9 Å². The first kappa shape index (κ1) is 25.3. The quantitative estimate of drug-likeness (QED) is 0.553. The van der Waals surface area contributed by atoms with Gasteiger partial charge < -0.3 is 10.6 Å². The fraction of sp³-hybridized carbons (Fsp3) is 0.500. The molecule has 1 saturated heterocycles. The second-order valence-corrected chi connectivity index (χ2v) is 11.8. The van der Waals surface area contributed by atoms with Crippen molar-refractivity contribution >= 4 is 21.8 Å². The van der Waals surface area contributed by atoms with E-state index in [2.05, 4.69) is 15.6 Å². The number of sulfonamides is 1. The molecule has 2 atom stereocenters. The van der Waals surface area contributed by atoms with Gasteiger partial charge in [-0.2, -0.15) is 4.31 Å². The second kappa shape index (κ2) is 10.5. The van der Waals surface area contributed by atoms with Crippen LogP contribution in [0.3, 0.4) is 0 Å². The smallest absolute Gasteiger partial charge is 0.243 e. The molecule has 2 aliphatic rings. The number of nitrogens with one attached hydrogen (secondary N) is 2. The molecule has 2 N–H and O–H groups in total. The van der Waals surface area contributed by atoms with Crippen molar-refractivity contribution < 1.29 is 18.0 Å². The lowest BCUT2D eigenvalue weighted by atomic mass is 9.99. The molecule has 2 amide bonds. The third kappa shape index (κ3) is 5.73. The van der Waals surface area contributed by atoms with Gasteiger partial charge in [0.2, 0.25) is 21.8 Å². The van der Waals surface area contributed by atoms with Gasteiger partial charge in [-0.25, -0.2) is 8.42 Å². The van der Waals surface area contributed by atoms with Gasteiger partial charge >= 0.3 is 0 Å².